The van der Waals surface area contributed by atoms with Gasteiger partial charge < -0.3 is 9.47 Å². The molecule has 11 nitrogen and oxygen atoms in total. The maximum atomic E-state index is 15.7. The zero-order valence-electron chi connectivity index (χ0n) is 24.3. The molecule has 0 saturated carbocycles. The van der Waals surface area contributed by atoms with Crippen molar-refractivity contribution in [3.63, 3.8) is 0 Å². The van der Waals surface area contributed by atoms with Crippen molar-refractivity contribution in [2.75, 3.05) is 32.1 Å². The normalized spacial score (nSPS) is 15.0. The predicted molar refractivity (Wildman–Crippen MR) is 181 cm³/mol. The summed E-state index contributed by atoms with van der Waals surface area (Å²) in [6, 6.07) is 9.42. The molecular formula is C28H27Cl2FN6O5S4. The molecule has 0 unspecified atom stereocenters. The van der Waals surface area contributed by atoms with Crippen LogP contribution in [0.25, 0.3) is 17.8 Å². The van der Waals surface area contributed by atoms with E-state index in [1.54, 1.807) is 47.3 Å². The summed E-state index contributed by atoms with van der Waals surface area (Å²) in [4.78, 5) is 22.0. The molecule has 1 saturated heterocycles. The molecule has 2 amide bonds. The van der Waals surface area contributed by atoms with Crippen LogP contribution < -0.4 is 4.90 Å². The molecule has 5 rings (SSSR count). The number of aromatic nitrogens is 2. The Morgan fingerprint density at radius 2 is 1.54 bits per heavy atom. The summed E-state index contributed by atoms with van der Waals surface area (Å²) >= 11 is 14.1. The number of carbonyl (C=O) groups is 1. The third-order valence-corrected chi connectivity index (χ3v) is 12.4. The van der Waals surface area contributed by atoms with E-state index in [2.05, 4.69) is 4.98 Å². The SMILES string of the molecule is CN(C)Cc1nccn1-c1ccc(N2CCCN(N(S(=O)(=O)C=Cc3ccc(Cl)s3)S(=O)(=O)C=Cc3ccc(Cl)s3)C2=O)c(F)c1. The Morgan fingerprint density at radius 3 is 2.07 bits per heavy atom. The molecule has 0 radical (unpaired) electrons. The molecule has 1 aliphatic heterocycles. The first-order chi connectivity index (χ1) is 21.7. The van der Waals surface area contributed by atoms with Gasteiger partial charge in [0.25, 0.3) is 20.0 Å². The van der Waals surface area contributed by atoms with Gasteiger partial charge in [-0.25, -0.2) is 36.0 Å². The van der Waals surface area contributed by atoms with Gasteiger partial charge in [0.15, 0.2) is 0 Å². The van der Waals surface area contributed by atoms with Crippen LogP contribution in [0.2, 0.25) is 8.67 Å². The Morgan fingerprint density at radius 1 is 0.935 bits per heavy atom. The van der Waals surface area contributed by atoms with Crippen LogP contribution in [-0.2, 0) is 26.6 Å². The molecule has 244 valence electrons. The van der Waals surface area contributed by atoms with Crippen molar-refractivity contribution in [2.45, 2.75) is 13.0 Å². The second kappa shape index (κ2) is 13.9. The van der Waals surface area contributed by atoms with Crippen molar-refractivity contribution in [3.05, 3.63) is 95.7 Å². The van der Waals surface area contributed by atoms with Gasteiger partial charge in [0.05, 0.1) is 31.7 Å². The fourth-order valence-corrected chi connectivity index (χ4v) is 9.84. The molecule has 1 fully saturated rings. The maximum absolute atomic E-state index is 15.7. The molecule has 46 heavy (non-hydrogen) atoms. The van der Waals surface area contributed by atoms with Gasteiger partial charge in [0, 0.05) is 50.8 Å². The quantitative estimate of drug-likeness (QED) is 0.176. The molecule has 4 heterocycles. The second-order valence-electron chi connectivity index (χ2n) is 10.2. The highest BCUT2D eigenvalue weighted by atomic mass is 35.5. The summed E-state index contributed by atoms with van der Waals surface area (Å²) < 4.78 is 73.0. The van der Waals surface area contributed by atoms with E-state index in [0.717, 1.165) is 27.6 Å². The lowest BCUT2D eigenvalue weighted by atomic mass is 10.2. The number of hydrazine groups is 1. The lowest BCUT2D eigenvalue weighted by molar-refractivity contribution is 0.139. The molecule has 0 aliphatic carbocycles. The number of carbonyl (C=O) groups excluding carboxylic acids is 1. The van der Waals surface area contributed by atoms with E-state index in [-0.39, 0.29) is 29.0 Å². The minimum absolute atomic E-state index is 0.0174. The van der Waals surface area contributed by atoms with Crippen LogP contribution >= 0.6 is 45.9 Å². The number of anilines is 1. The number of halogens is 3. The second-order valence-corrected chi connectivity index (χ2v) is 17.2. The van der Waals surface area contributed by atoms with Crippen LogP contribution in [0.3, 0.4) is 0 Å². The van der Waals surface area contributed by atoms with Crippen molar-refractivity contribution in [1.29, 1.82) is 0 Å². The molecule has 4 aromatic rings. The van der Waals surface area contributed by atoms with Crippen molar-refractivity contribution < 1.29 is 26.0 Å². The Bertz CT molecular complexity index is 1940. The lowest BCUT2D eigenvalue weighted by Crippen LogP contribution is -2.59. The number of imidazole rings is 1. The number of hydrogen-bond donors (Lipinski definition) is 0. The number of rotatable bonds is 11. The van der Waals surface area contributed by atoms with E-state index < -0.39 is 31.9 Å². The molecule has 18 heteroatoms. The number of amides is 2. The first-order valence-corrected chi connectivity index (χ1v) is 18.9. The van der Waals surface area contributed by atoms with Gasteiger partial charge in [-0.15, -0.1) is 22.7 Å². The van der Waals surface area contributed by atoms with Crippen molar-refractivity contribution in [2.24, 2.45) is 0 Å². The van der Waals surface area contributed by atoms with Crippen LogP contribution in [0, 0.1) is 5.82 Å². The van der Waals surface area contributed by atoms with Crippen molar-refractivity contribution >= 4 is 89.8 Å². The smallest absolute Gasteiger partial charge is 0.303 e. The summed E-state index contributed by atoms with van der Waals surface area (Å²) in [5.41, 5.74) is 0.316. The highest BCUT2D eigenvalue weighted by Gasteiger charge is 2.43. The van der Waals surface area contributed by atoms with Crippen LogP contribution in [0.15, 0.2) is 65.7 Å². The van der Waals surface area contributed by atoms with Gasteiger partial charge in [-0.2, -0.15) is 0 Å². The predicted octanol–water partition coefficient (Wildman–Crippen LogP) is 6.35. The molecule has 3 aromatic heterocycles. The first kappa shape index (κ1) is 34.3. The summed E-state index contributed by atoms with van der Waals surface area (Å²) in [5, 5.41) is 1.95. The fraction of sp³-hybridized carbons (Fsp3) is 0.214. The molecule has 1 aromatic carbocycles. The highest BCUT2D eigenvalue weighted by Crippen LogP contribution is 2.31. The third-order valence-electron chi connectivity index (χ3n) is 6.51. The summed E-state index contributed by atoms with van der Waals surface area (Å²) in [6.07, 6.45) is 5.78. The van der Waals surface area contributed by atoms with Gasteiger partial charge in [-0.05, 0) is 69.1 Å². The molecule has 0 N–H and O–H groups in total. The lowest BCUT2D eigenvalue weighted by Gasteiger charge is -2.39. The number of urea groups is 1. The summed E-state index contributed by atoms with van der Waals surface area (Å²) in [5.74, 6) is -0.0995. The zero-order chi connectivity index (χ0) is 33.2. The standard InChI is InChI=1S/C28H27Cl2FN6O5S4/c1-33(2)19-27-32-12-15-34(27)20-4-7-24(23(31)18-20)35-13-3-14-36(28(35)38)37(45(39,40)16-10-21-5-8-25(29)43-21)46(41,42)17-11-22-6-9-26(30)44-22/h4-12,15-18H,3,13-14,19H2,1-2H3. The van der Waals surface area contributed by atoms with E-state index in [9.17, 15) is 21.6 Å². The third kappa shape index (κ3) is 7.71. The monoisotopic (exact) mass is 744 g/mol. The van der Waals surface area contributed by atoms with Crippen LogP contribution in [0.1, 0.15) is 22.0 Å². The van der Waals surface area contributed by atoms with Crippen molar-refractivity contribution in [1.82, 2.24) is 23.3 Å². The average Bonchev–Trinajstić information content (AvgIpc) is 3.73. The van der Waals surface area contributed by atoms with Crippen LogP contribution in [0.5, 0.6) is 0 Å². The van der Waals surface area contributed by atoms with Gasteiger partial charge in [0.2, 0.25) is 0 Å². The molecular weight excluding hydrogens is 719 g/mol. The number of nitrogens with zero attached hydrogens (tertiary/aromatic N) is 6. The van der Waals surface area contributed by atoms with E-state index in [0.29, 0.717) is 52.3 Å². The summed E-state index contributed by atoms with van der Waals surface area (Å²) in [7, 11) is -5.93. The van der Waals surface area contributed by atoms with E-state index in [4.69, 9.17) is 23.2 Å². The van der Waals surface area contributed by atoms with Crippen LogP contribution in [0.4, 0.5) is 14.9 Å². The number of benzene rings is 1. The molecule has 0 spiro atoms. The Balaban J connectivity index is 1.50. The highest BCUT2D eigenvalue weighted by molar-refractivity contribution is 8.06. The van der Waals surface area contributed by atoms with Gasteiger partial charge in [-0.3, -0.25) is 4.90 Å². The van der Waals surface area contributed by atoms with Gasteiger partial charge in [0.1, 0.15) is 11.6 Å². The molecule has 0 atom stereocenters. The number of hydrogen-bond acceptors (Lipinski definition) is 9. The van der Waals surface area contributed by atoms with E-state index in [1.165, 1.54) is 24.3 Å². The Labute approximate surface area is 284 Å². The zero-order valence-corrected chi connectivity index (χ0v) is 29.1. The first-order valence-electron chi connectivity index (χ1n) is 13.5. The van der Waals surface area contributed by atoms with Crippen molar-refractivity contribution in [3.8, 4) is 5.69 Å². The van der Waals surface area contributed by atoms with Gasteiger partial charge in [-0.1, -0.05) is 23.2 Å². The van der Waals surface area contributed by atoms with Gasteiger partial charge >= 0.3 is 6.03 Å². The molecule has 1 aliphatic rings. The average molecular weight is 746 g/mol. The largest absolute Gasteiger partial charge is 0.340 e. The van der Waals surface area contributed by atoms with E-state index in [1.807, 2.05) is 19.0 Å². The minimum Gasteiger partial charge on any atom is -0.303 e. The topological polar surface area (TPSA) is 116 Å². The Kier molecular flexibility index (Phi) is 10.4. The summed E-state index contributed by atoms with van der Waals surface area (Å²) in [6.45, 7) is 0.244. The number of thiophene rings is 2. The number of sulfonamides is 2. The van der Waals surface area contributed by atoms with Crippen LogP contribution in [-0.4, -0.2) is 73.3 Å². The Hall–Kier alpha value is -3.09. The molecule has 0 bridgehead atoms. The maximum Gasteiger partial charge on any atom is 0.340 e. The minimum atomic E-state index is -4.84. The van der Waals surface area contributed by atoms with E-state index >= 15 is 4.39 Å². The fourth-order valence-electron chi connectivity index (χ4n) is 4.58.